The minimum Gasteiger partial charge on any atom is -0.380 e. The molecule has 4 heteroatoms. The van der Waals surface area contributed by atoms with E-state index in [0.717, 1.165) is 30.3 Å². The first-order chi connectivity index (χ1) is 7.06. The molecule has 0 aromatic carbocycles. The molecule has 1 aliphatic heterocycles. The van der Waals surface area contributed by atoms with Crippen molar-refractivity contribution in [3.8, 4) is 0 Å². The van der Waals surface area contributed by atoms with Crippen molar-refractivity contribution in [3.05, 3.63) is 5.69 Å². The van der Waals surface area contributed by atoms with Gasteiger partial charge in [0, 0.05) is 25.6 Å². The minimum absolute atomic E-state index is 0.325. The van der Waals surface area contributed by atoms with Crippen molar-refractivity contribution in [2.24, 2.45) is 12.5 Å². The molecular weight excluding hydrogens is 188 g/mol. The average Bonchev–Trinajstić information content (AvgIpc) is 2.37. The number of aryl methyl sites for hydroxylation is 2. The van der Waals surface area contributed by atoms with E-state index in [1.807, 2.05) is 18.7 Å². The smallest absolute Gasteiger partial charge is 0.148 e. The largest absolute Gasteiger partial charge is 0.380 e. The first-order valence-corrected chi connectivity index (χ1v) is 5.57. The molecule has 0 aliphatic carbocycles. The monoisotopic (exact) mass is 208 g/mol. The molecule has 2 heterocycles. The fourth-order valence-corrected chi connectivity index (χ4v) is 1.98. The molecular formula is C11H20N4. The second-order valence-electron chi connectivity index (χ2n) is 4.80. The number of rotatable bonds is 1. The molecule has 4 nitrogen and oxygen atoms in total. The number of anilines is 2. The van der Waals surface area contributed by atoms with Gasteiger partial charge in [0.1, 0.15) is 11.5 Å². The van der Waals surface area contributed by atoms with Gasteiger partial charge in [-0.15, -0.1) is 0 Å². The highest BCUT2D eigenvalue weighted by Gasteiger charge is 2.27. The maximum Gasteiger partial charge on any atom is 0.148 e. The van der Waals surface area contributed by atoms with Gasteiger partial charge in [-0.25, -0.2) is 0 Å². The highest BCUT2D eigenvalue weighted by Crippen LogP contribution is 2.32. The summed E-state index contributed by atoms with van der Waals surface area (Å²) in [7, 11) is 1.98. The highest BCUT2D eigenvalue weighted by molar-refractivity contribution is 5.68. The maximum absolute atomic E-state index is 4.40. The first kappa shape index (κ1) is 10.3. The van der Waals surface area contributed by atoms with Crippen LogP contribution in [-0.4, -0.2) is 22.9 Å². The first-order valence-electron chi connectivity index (χ1n) is 5.57. The van der Waals surface area contributed by atoms with Crippen LogP contribution in [-0.2, 0) is 7.05 Å². The Bertz CT molecular complexity index is 338. The zero-order chi connectivity index (χ0) is 11.1. The van der Waals surface area contributed by atoms with Gasteiger partial charge in [-0.1, -0.05) is 13.8 Å². The Hall–Kier alpha value is -1.19. The van der Waals surface area contributed by atoms with E-state index >= 15 is 0 Å². The highest BCUT2D eigenvalue weighted by atomic mass is 15.3. The molecule has 0 saturated heterocycles. The zero-order valence-corrected chi connectivity index (χ0v) is 10.0. The quantitative estimate of drug-likeness (QED) is 0.741. The minimum atomic E-state index is 0.325. The fourth-order valence-electron chi connectivity index (χ4n) is 1.98. The van der Waals surface area contributed by atoms with Gasteiger partial charge in [0.2, 0.25) is 0 Å². The van der Waals surface area contributed by atoms with E-state index in [9.17, 15) is 0 Å². The van der Waals surface area contributed by atoms with Gasteiger partial charge < -0.3 is 10.6 Å². The normalized spacial score (nSPS) is 25.1. The fraction of sp³-hybridized carbons (Fsp3) is 0.727. The van der Waals surface area contributed by atoms with Crippen LogP contribution in [0.5, 0.6) is 0 Å². The number of fused-ring (bicyclic) bond motifs is 1. The van der Waals surface area contributed by atoms with Crippen LogP contribution in [0.25, 0.3) is 0 Å². The lowest BCUT2D eigenvalue weighted by atomic mass is 9.88. The summed E-state index contributed by atoms with van der Waals surface area (Å²) in [5.74, 6) is 1.12. The molecule has 15 heavy (non-hydrogen) atoms. The van der Waals surface area contributed by atoms with Gasteiger partial charge >= 0.3 is 0 Å². The molecule has 0 amide bonds. The number of hydrogen-bond donors (Lipinski definition) is 2. The molecule has 1 aromatic heterocycles. The summed E-state index contributed by atoms with van der Waals surface area (Å²) in [6.07, 6.45) is 1.17. The van der Waals surface area contributed by atoms with Crippen molar-refractivity contribution < 1.29 is 0 Å². The summed E-state index contributed by atoms with van der Waals surface area (Å²) in [6, 6.07) is 0. The van der Waals surface area contributed by atoms with E-state index in [1.54, 1.807) is 0 Å². The summed E-state index contributed by atoms with van der Waals surface area (Å²) in [5.41, 5.74) is 2.56. The van der Waals surface area contributed by atoms with Crippen LogP contribution in [0.2, 0.25) is 0 Å². The van der Waals surface area contributed by atoms with Crippen molar-refractivity contribution in [1.82, 2.24) is 9.78 Å². The van der Waals surface area contributed by atoms with E-state index in [4.69, 9.17) is 0 Å². The van der Waals surface area contributed by atoms with Crippen LogP contribution in [0.1, 0.15) is 26.0 Å². The van der Waals surface area contributed by atoms with Crippen LogP contribution < -0.4 is 10.6 Å². The van der Waals surface area contributed by atoms with E-state index in [1.165, 1.54) is 6.42 Å². The third kappa shape index (κ3) is 1.68. The van der Waals surface area contributed by atoms with Crippen LogP contribution in [0, 0.1) is 12.3 Å². The Morgan fingerprint density at radius 1 is 1.40 bits per heavy atom. The predicted molar refractivity (Wildman–Crippen MR) is 63.3 cm³/mol. The number of nitrogens with one attached hydrogen (secondary N) is 2. The van der Waals surface area contributed by atoms with Crippen LogP contribution in [0.4, 0.5) is 11.5 Å². The average molecular weight is 208 g/mol. The summed E-state index contributed by atoms with van der Waals surface area (Å²) in [6.45, 7) is 8.60. The number of nitrogens with zero attached hydrogens (tertiary/aromatic N) is 2. The Kier molecular flexibility index (Phi) is 2.37. The topological polar surface area (TPSA) is 41.9 Å². The lowest BCUT2D eigenvalue weighted by Crippen LogP contribution is -2.31. The lowest BCUT2D eigenvalue weighted by molar-refractivity contribution is 0.360. The molecule has 1 atom stereocenters. The Morgan fingerprint density at radius 2 is 2.07 bits per heavy atom. The van der Waals surface area contributed by atoms with E-state index in [2.05, 4.69) is 29.6 Å². The second-order valence-corrected chi connectivity index (χ2v) is 4.80. The molecule has 0 saturated carbocycles. The van der Waals surface area contributed by atoms with Crippen LogP contribution >= 0.6 is 0 Å². The van der Waals surface area contributed by atoms with Crippen molar-refractivity contribution in [1.29, 1.82) is 0 Å². The van der Waals surface area contributed by atoms with E-state index < -0.39 is 0 Å². The van der Waals surface area contributed by atoms with Crippen molar-refractivity contribution in [2.75, 3.05) is 23.7 Å². The Labute approximate surface area is 91.1 Å². The Balaban J connectivity index is 2.30. The zero-order valence-electron chi connectivity index (χ0n) is 10.0. The van der Waals surface area contributed by atoms with Crippen molar-refractivity contribution in [2.45, 2.75) is 27.2 Å². The molecule has 84 valence electrons. The predicted octanol–water partition coefficient (Wildman–Crippen LogP) is 1.98. The molecule has 0 radical (unpaired) electrons. The maximum atomic E-state index is 4.40. The molecule has 1 aliphatic rings. The van der Waals surface area contributed by atoms with Gasteiger partial charge in [0.25, 0.3) is 0 Å². The number of hydrogen-bond acceptors (Lipinski definition) is 3. The Morgan fingerprint density at radius 3 is 2.73 bits per heavy atom. The summed E-state index contributed by atoms with van der Waals surface area (Å²) in [4.78, 5) is 0. The van der Waals surface area contributed by atoms with E-state index in [-0.39, 0.29) is 0 Å². The SMILES string of the molecule is CCC1(C)CNc2c(C)nn(C)c2NC1. The summed E-state index contributed by atoms with van der Waals surface area (Å²) < 4.78 is 1.92. The van der Waals surface area contributed by atoms with Crippen molar-refractivity contribution >= 4 is 11.5 Å². The molecule has 1 unspecified atom stereocenters. The van der Waals surface area contributed by atoms with Crippen molar-refractivity contribution in [3.63, 3.8) is 0 Å². The number of aromatic nitrogens is 2. The standard InChI is InChI=1S/C11H20N4/c1-5-11(3)6-12-9-8(2)14-15(4)10(9)13-7-11/h12-13H,5-7H2,1-4H3. The van der Waals surface area contributed by atoms with Gasteiger partial charge in [0.05, 0.1) is 5.69 Å². The lowest BCUT2D eigenvalue weighted by Gasteiger charge is -2.26. The van der Waals surface area contributed by atoms with Gasteiger partial charge in [-0.2, -0.15) is 5.10 Å². The summed E-state index contributed by atoms with van der Waals surface area (Å²) in [5, 5.41) is 11.4. The molecule has 2 rings (SSSR count). The van der Waals surface area contributed by atoms with Gasteiger partial charge in [-0.05, 0) is 13.3 Å². The third-order valence-corrected chi connectivity index (χ3v) is 3.45. The second kappa shape index (κ2) is 3.43. The van der Waals surface area contributed by atoms with Crippen LogP contribution in [0.15, 0.2) is 0 Å². The summed E-state index contributed by atoms with van der Waals surface area (Å²) >= 11 is 0. The van der Waals surface area contributed by atoms with E-state index in [0.29, 0.717) is 5.41 Å². The van der Waals surface area contributed by atoms with Crippen LogP contribution in [0.3, 0.4) is 0 Å². The van der Waals surface area contributed by atoms with Gasteiger partial charge in [-0.3, -0.25) is 4.68 Å². The third-order valence-electron chi connectivity index (χ3n) is 3.45. The molecule has 2 N–H and O–H groups in total. The molecule has 0 fully saturated rings. The molecule has 0 bridgehead atoms. The molecule has 0 spiro atoms. The van der Waals surface area contributed by atoms with Gasteiger partial charge in [0.15, 0.2) is 0 Å². The molecule has 1 aromatic rings.